The summed E-state index contributed by atoms with van der Waals surface area (Å²) in [5, 5.41) is 3.25. The molecule has 0 aliphatic rings. The number of primary amides is 1. The van der Waals surface area contributed by atoms with Crippen molar-refractivity contribution in [3.63, 3.8) is 0 Å². The Morgan fingerprint density at radius 3 is 2.88 bits per heavy atom. The molecule has 5 heteroatoms. The summed E-state index contributed by atoms with van der Waals surface area (Å²) >= 11 is 0. The van der Waals surface area contributed by atoms with Crippen LogP contribution < -0.4 is 11.1 Å². The van der Waals surface area contributed by atoms with Gasteiger partial charge in [0.2, 0.25) is 5.91 Å². The molecule has 16 heavy (non-hydrogen) atoms. The lowest BCUT2D eigenvalue weighted by atomic mass is 10.3. The second-order valence-corrected chi connectivity index (χ2v) is 3.74. The van der Waals surface area contributed by atoms with Crippen LogP contribution in [0, 0.1) is 6.92 Å². The van der Waals surface area contributed by atoms with E-state index >= 15 is 0 Å². The Hall–Kier alpha value is -1.49. The van der Waals surface area contributed by atoms with Gasteiger partial charge in [0.1, 0.15) is 5.82 Å². The third-order valence-electron chi connectivity index (χ3n) is 2.02. The van der Waals surface area contributed by atoms with Crippen LogP contribution in [0.5, 0.6) is 0 Å². The van der Waals surface area contributed by atoms with Crippen molar-refractivity contribution in [2.24, 2.45) is 5.73 Å². The fourth-order valence-corrected chi connectivity index (χ4v) is 1.42. The number of nitrogens with one attached hydrogen (secondary N) is 1. The molecular weight excluding hydrogens is 204 g/mol. The highest BCUT2D eigenvalue weighted by molar-refractivity contribution is 5.75. The molecular formula is C11H18N4O. The summed E-state index contributed by atoms with van der Waals surface area (Å²) in [7, 11) is 0. The van der Waals surface area contributed by atoms with Gasteiger partial charge in [-0.05, 0) is 26.0 Å². The monoisotopic (exact) mass is 222 g/mol. The molecule has 88 valence electrons. The summed E-state index contributed by atoms with van der Waals surface area (Å²) < 4.78 is 0. The molecule has 0 aliphatic carbocycles. The number of aromatic nitrogens is 2. The number of hydrogen-bond donors (Lipinski definition) is 2. The molecule has 5 nitrogen and oxygen atoms in total. The van der Waals surface area contributed by atoms with Crippen molar-refractivity contribution < 1.29 is 4.79 Å². The van der Waals surface area contributed by atoms with Crippen LogP contribution in [0.4, 0.5) is 0 Å². The number of aryl methyl sites for hydroxylation is 1. The van der Waals surface area contributed by atoms with E-state index in [1.54, 1.807) is 0 Å². The maximum atomic E-state index is 10.8. The predicted octanol–water partition coefficient (Wildman–Crippen LogP) is 0.312. The number of carbonyl (C=O) groups excluding carboxylic acids is 1. The van der Waals surface area contributed by atoms with Gasteiger partial charge in [-0.2, -0.15) is 0 Å². The Morgan fingerprint density at radius 1 is 1.50 bits per heavy atom. The van der Waals surface area contributed by atoms with Crippen LogP contribution in [0.15, 0.2) is 6.07 Å². The van der Waals surface area contributed by atoms with Crippen molar-refractivity contribution in [2.45, 2.75) is 33.2 Å². The number of nitrogens with two attached hydrogens (primary N) is 1. The first kappa shape index (κ1) is 12.6. The van der Waals surface area contributed by atoms with Crippen molar-refractivity contribution in [1.82, 2.24) is 15.3 Å². The summed E-state index contributed by atoms with van der Waals surface area (Å²) in [4.78, 5) is 19.2. The van der Waals surface area contributed by atoms with E-state index in [-0.39, 0.29) is 6.42 Å². The van der Waals surface area contributed by atoms with E-state index in [2.05, 4.69) is 22.2 Å². The summed E-state index contributed by atoms with van der Waals surface area (Å²) in [5.41, 5.74) is 6.87. The SMILES string of the molecule is CCCNCc1cc(C)nc(CC(N)=O)n1. The average Bonchev–Trinajstić information content (AvgIpc) is 2.16. The molecule has 0 saturated carbocycles. The fourth-order valence-electron chi connectivity index (χ4n) is 1.42. The molecule has 0 aliphatic heterocycles. The van der Waals surface area contributed by atoms with Crippen LogP contribution >= 0.6 is 0 Å². The minimum absolute atomic E-state index is 0.0997. The first-order valence-electron chi connectivity index (χ1n) is 5.44. The first-order valence-corrected chi connectivity index (χ1v) is 5.44. The highest BCUT2D eigenvalue weighted by Crippen LogP contribution is 2.01. The maximum absolute atomic E-state index is 10.8. The van der Waals surface area contributed by atoms with Gasteiger partial charge in [0, 0.05) is 12.2 Å². The lowest BCUT2D eigenvalue weighted by Gasteiger charge is -2.05. The lowest BCUT2D eigenvalue weighted by Crippen LogP contribution is -2.19. The predicted molar refractivity (Wildman–Crippen MR) is 61.7 cm³/mol. The van der Waals surface area contributed by atoms with Crippen LogP contribution in [0.3, 0.4) is 0 Å². The minimum atomic E-state index is -0.405. The molecule has 1 aromatic rings. The molecule has 0 aromatic carbocycles. The lowest BCUT2D eigenvalue weighted by molar-refractivity contribution is -0.117. The van der Waals surface area contributed by atoms with E-state index in [4.69, 9.17) is 5.73 Å². The third-order valence-corrected chi connectivity index (χ3v) is 2.02. The van der Waals surface area contributed by atoms with Crippen molar-refractivity contribution in [3.8, 4) is 0 Å². The molecule has 1 aromatic heterocycles. The highest BCUT2D eigenvalue weighted by Gasteiger charge is 2.05. The molecule has 0 atom stereocenters. The molecule has 0 saturated heterocycles. The van der Waals surface area contributed by atoms with Gasteiger partial charge in [-0.25, -0.2) is 9.97 Å². The normalized spacial score (nSPS) is 10.4. The molecule has 0 fully saturated rings. The second-order valence-electron chi connectivity index (χ2n) is 3.74. The van der Waals surface area contributed by atoms with Gasteiger partial charge in [0.15, 0.2) is 0 Å². The van der Waals surface area contributed by atoms with E-state index < -0.39 is 5.91 Å². The van der Waals surface area contributed by atoms with Gasteiger partial charge in [0.05, 0.1) is 12.1 Å². The van der Waals surface area contributed by atoms with Crippen molar-refractivity contribution >= 4 is 5.91 Å². The fraction of sp³-hybridized carbons (Fsp3) is 0.545. The van der Waals surface area contributed by atoms with Crippen LogP contribution in [0.1, 0.15) is 30.6 Å². The van der Waals surface area contributed by atoms with Gasteiger partial charge in [-0.1, -0.05) is 6.92 Å². The molecule has 0 radical (unpaired) electrons. The molecule has 1 amide bonds. The molecule has 1 rings (SSSR count). The Bertz CT molecular complexity index is 365. The zero-order valence-corrected chi connectivity index (χ0v) is 9.79. The molecule has 0 unspecified atom stereocenters. The van der Waals surface area contributed by atoms with Gasteiger partial charge < -0.3 is 11.1 Å². The zero-order chi connectivity index (χ0) is 12.0. The Balaban J connectivity index is 2.69. The van der Waals surface area contributed by atoms with Crippen molar-refractivity contribution in [2.75, 3.05) is 6.54 Å². The van der Waals surface area contributed by atoms with Crippen LogP contribution in [-0.4, -0.2) is 22.4 Å². The Morgan fingerprint density at radius 2 is 2.25 bits per heavy atom. The van der Waals surface area contributed by atoms with E-state index in [1.165, 1.54) is 0 Å². The number of carbonyl (C=O) groups is 1. The summed E-state index contributed by atoms with van der Waals surface area (Å²) in [6, 6.07) is 1.91. The van der Waals surface area contributed by atoms with Crippen molar-refractivity contribution in [1.29, 1.82) is 0 Å². The topological polar surface area (TPSA) is 80.9 Å². The average molecular weight is 222 g/mol. The second kappa shape index (κ2) is 6.17. The Labute approximate surface area is 95.5 Å². The number of nitrogens with zero attached hydrogens (tertiary/aromatic N) is 2. The quantitative estimate of drug-likeness (QED) is 0.679. The molecule has 0 spiro atoms. The first-order chi connectivity index (χ1) is 7.61. The summed E-state index contributed by atoms with van der Waals surface area (Å²) in [6.45, 7) is 5.64. The minimum Gasteiger partial charge on any atom is -0.369 e. The van der Waals surface area contributed by atoms with Gasteiger partial charge >= 0.3 is 0 Å². The number of hydrogen-bond acceptors (Lipinski definition) is 4. The molecule has 0 bridgehead atoms. The Kier molecular flexibility index (Phi) is 4.85. The van der Waals surface area contributed by atoms with Gasteiger partial charge in [-0.15, -0.1) is 0 Å². The van der Waals surface area contributed by atoms with Gasteiger partial charge in [0.25, 0.3) is 0 Å². The van der Waals surface area contributed by atoms with E-state index in [0.717, 1.165) is 24.4 Å². The summed E-state index contributed by atoms with van der Waals surface area (Å²) in [6.07, 6.45) is 1.18. The van der Waals surface area contributed by atoms with E-state index in [0.29, 0.717) is 12.4 Å². The third kappa shape index (κ3) is 4.35. The van der Waals surface area contributed by atoms with Crippen LogP contribution in [0.2, 0.25) is 0 Å². The largest absolute Gasteiger partial charge is 0.369 e. The van der Waals surface area contributed by atoms with Crippen LogP contribution in [-0.2, 0) is 17.8 Å². The zero-order valence-electron chi connectivity index (χ0n) is 9.79. The van der Waals surface area contributed by atoms with E-state index in [1.807, 2.05) is 13.0 Å². The van der Waals surface area contributed by atoms with Gasteiger partial charge in [-0.3, -0.25) is 4.79 Å². The van der Waals surface area contributed by atoms with Crippen molar-refractivity contribution in [3.05, 3.63) is 23.3 Å². The smallest absolute Gasteiger partial charge is 0.225 e. The van der Waals surface area contributed by atoms with E-state index in [9.17, 15) is 4.79 Å². The number of rotatable bonds is 6. The maximum Gasteiger partial charge on any atom is 0.225 e. The van der Waals surface area contributed by atoms with Crippen LogP contribution in [0.25, 0.3) is 0 Å². The summed E-state index contributed by atoms with van der Waals surface area (Å²) in [5.74, 6) is 0.0962. The highest BCUT2D eigenvalue weighted by atomic mass is 16.1. The standard InChI is InChI=1S/C11H18N4O/c1-3-4-13-7-9-5-8(2)14-11(15-9)6-10(12)16/h5,13H,3-4,6-7H2,1-2H3,(H2,12,16). The number of amides is 1. The molecule has 3 N–H and O–H groups in total. The molecule has 1 heterocycles.